The molecule has 2 aliphatic carbocycles. The molecule has 476 valence electrons. The third-order valence-corrected chi connectivity index (χ3v) is 22.3. The molecule has 0 fully saturated rings. The van der Waals surface area contributed by atoms with Crippen molar-refractivity contribution in [2.24, 2.45) is 0 Å². The van der Waals surface area contributed by atoms with Crippen LogP contribution in [0.25, 0.3) is 66.3 Å². The first-order valence-corrected chi connectivity index (χ1v) is 34.7. The molecule has 10 aromatic carbocycles. The van der Waals surface area contributed by atoms with Crippen molar-refractivity contribution in [3.8, 4) is 33.4 Å². The van der Waals surface area contributed by atoms with E-state index in [1.807, 2.05) is 0 Å². The Hall–Kier alpha value is -9.00. The first-order chi connectivity index (χ1) is 44.9. The van der Waals surface area contributed by atoms with Crippen molar-refractivity contribution in [3.05, 3.63) is 239 Å². The number of hydrogen-bond donors (Lipinski definition) is 0. The second-order valence-corrected chi connectivity index (χ2v) is 34.1. The second-order valence-electron chi connectivity index (χ2n) is 34.1. The van der Waals surface area contributed by atoms with Gasteiger partial charge in [-0.3, -0.25) is 0 Å². The van der Waals surface area contributed by atoms with Crippen LogP contribution in [0, 0.1) is 0 Å². The minimum absolute atomic E-state index is 0.0220. The second kappa shape index (κ2) is 20.5. The lowest BCUT2D eigenvalue weighted by Gasteiger charge is -2.44. The zero-order chi connectivity index (χ0) is 66.6. The Balaban J connectivity index is 1.01. The summed E-state index contributed by atoms with van der Waals surface area (Å²) in [6.07, 6.45) is 2.21. The standard InChI is InChI=1S/C89H90BN3O2/c1-83(2,3)54-28-35-58(36-29-54)91(59-37-30-55(31-38-59)84(4,5)6)61-41-42-62-65-48-67-74(51-70(65)89(17,18)69(62)47-61)93(60-39-32-56(33-40-60)85(7,8)9)90-79-75(50-66-63-26-22-23-27-76(63)94-81(66)78(67)79)92(73-43-34-57(86(10,11)12)46-64(73)53-24-20-19-21-25-53)80-68-49-71-72(52-77(68)95-82(80)90)88(15,16)45-44-87(71,13)14/h19-43,46-52H,44-45H2,1-18H3. The summed E-state index contributed by atoms with van der Waals surface area (Å²) in [4.78, 5) is 7.74. The van der Waals surface area contributed by atoms with Crippen LogP contribution in [0.4, 0.5) is 45.5 Å². The number of hydrogen-bond acceptors (Lipinski definition) is 5. The molecule has 0 unspecified atom stereocenters. The van der Waals surface area contributed by atoms with E-state index in [2.05, 4.69) is 333 Å². The summed E-state index contributed by atoms with van der Waals surface area (Å²) in [6, 6.07) is 74.8. The van der Waals surface area contributed by atoms with Gasteiger partial charge in [0.1, 0.15) is 22.4 Å². The zero-order valence-corrected chi connectivity index (χ0v) is 59.1. The average molecular weight is 1240 g/mol. The predicted molar refractivity (Wildman–Crippen MR) is 405 cm³/mol. The fourth-order valence-electron chi connectivity index (χ4n) is 16.5. The van der Waals surface area contributed by atoms with Gasteiger partial charge in [-0.05, 0) is 209 Å². The van der Waals surface area contributed by atoms with Gasteiger partial charge < -0.3 is 23.4 Å². The number of fused-ring (bicyclic) bond motifs is 14. The molecule has 0 amide bonds. The lowest BCUT2D eigenvalue weighted by atomic mass is 9.45. The molecule has 0 atom stereocenters. The fraction of sp³-hybridized carbons (Fsp3) is 0.303. The van der Waals surface area contributed by atoms with Gasteiger partial charge in [-0.15, -0.1) is 0 Å². The molecule has 6 heteroatoms. The number of para-hydroxylation sites is 1. The van der Waals surface area contributed by atoms with Crippen LogP contribution in [0.1, 0.15) is 182 Å². The van der Waals surface area contributed by atoms with E-state index in [1.165, 1.54) is 72.2 Å². The summed E-state index contributed by atoms with van der Waals surface area (Å²) >= 11 is 0. The Labute approximate surface area is 563 Å². The van der Waals surface area contributed by atoms with E-state index in [0.717, 1.165) is 108 Å². The molecule has 0 spiro atoms. The lowest BCUT2D eigenvalue weighted by Crippen LogP contribution is -2.61. The monoisotopic (exact) mass is 1240 g/mol. The van der Waals surface area contributed by atoms with Crippen LogP contribution in [0.15, 0.2) is 203 Å². The normalized spacial score (nSPS) is 16.0. The maximum atomic E-state index is 7.98. The van der Waals surface area contributed by atoms with Gasteiger partial charge >= 0.3 is 6.85 Å². The van der Waals surface area contributed by atoms with Gasteiger partial charge in [-0.1, -0.05) is 222 Å². The summed E-state index contributed by atoms with van der Waals surface area (Å²) in [6.45, 7) is 41.9. The first kappa shape index (κ1) is 60.9. The molecular formula is C89H90BN3O2. The van der Waals surface area contributed by atoms with Gasteiger partial charge in [0.25, 0.3) is 0 Å². The van der Waals surface area contributed by atoms with Gasteiger partial charge in [0, 0.05) is 72.4 Å². The Morgan fingerprint density at radius 3 is 1.56 bits per heavy atom. The number of furan rings is 2. The van der Waals surface area contributed by atoms with Gasteiger partial charge in [-0.25, -0.2) is 0 Å². The molecular weight excluding hydrogens is 1150 g/mol. The van der Waals surface area contributed by atoms with Crippen molar-refractivity contribution < 1.29 is 8.83 Å². The number of anilines is 8. The van der Waals surface area contributed by atoms with Crippen LogP contribution in [0.3, 0.4) is 0 Å². The highest BCUT2D eigenvalue weighted by atomic mass is 16.3. The number of benzene rings is 10. The van der Waals surface area contributed by atoms with Crippen LogP contribution in [0.2, 0.25) is 0 Å². The SMILES string of the molecule is CC(C)(C)c1ccc(N2B3c4oc5cc6c(cc5c4N(c4ccc(C(C)(C)C)cc4-c4ccccc4)c4cc5c(oc7ccccc75)c(c43)-c3cc4c(cc32)C(C)(C)c2cc(N(c3ccc(C(C)(C)C)cc3)c3ccc(C(C)(C)C)cc3)ccc2-4)C(C)(C)CCC6(C)C)cc1. The van der Waals surface area contributed by atoms with Gasteiger partial charge in [0.15, 0.2) is 0 Å². The van der Waals surface area contributed by atoms with Crippen molar-refractivity contribution in [1.82, 2.24) is 0 Å². The lowest BCUT2D eigenvalue weighted by molar-refractivity contribution is 0.332. The third-order valence-electron chi connectivity index (χ3n) is 22.3. The minimum atomic E-state index is -0.421. The van der Waals surface area contributed by atoms with Crippen molar-refractivity contribution in [3.63, 3.8) is 0 Å². The summed E-state index contributed by atoms with van der Waals surface area (Å²) in [7, 11) is 0. The van der Waals surface area contributed by atoms with E-state index >= 15 is 0 Å². The molecule has 2 aliphatic heterocycles. The summed E-state index contributed by atoms with van der Waals surface area (Å²) < 4.78 is 15.4. The van der Waals surface area contributed by atoms with E-state index in [0.29, 0.717) is 0 Å². The molecule has 2 aromatic heterocycles. The molecule has 4 heterocycles. The number of rotatable bonds is 6. The molecule has 0 radical (unpaired) electrons. The van der Waals surface area contributed by atoms with E-state index in [9.17, 15) is 0 Å². The van der Waals surface area contributed by atoms with E-state index in [-0.39, 0.29) is 32.5 Å². The van der Waals surface area contributed by atoms with E-state index < -0.39 is 12.3 Å². The summed E-state index contributed by atoms with van der Waals surface area (Å²) in [5, 5.41) is 3.32. The Morgan fingerprint density at radius 1 is 0.400 bits per heavy atom. The van der Waals surface area contributed by atoms with Crippen LogP contribution in [-0.2, 0) is 37.9 Å². The highest BCUT2D eigenvalue weighted by Crippen LogP contribution is 2.59. The quantitative estimate of drug-likeness (QED) is 0.155. The van der Waals surface area contributed by atoms with Crippen LogP contribution < -0.4 is 25.7 Å². The molecule has 95 heavy (non-hydrogen) atoms. The van der Waals surface area contributed by atoms with Crippen LogP contribution >= 0.6 is 0 Å². The van der Waals surface area contributed by atoms with Crippen molar-refractivity contribution >= 4 is 96.4 Å². The predicted octanol–water partition coefficient (Wildman–Crippen LogP) is 24.0. The molecule has 0 bridgehead atoms. The van der Waals surface area contributed by atoms with E-state index in [1.54, 1.807) is 0 Å². The highest BCUT2D eigenvalue weighted by molar-refractivity contribution is 6.93. The molecule has 0 N–H and O–H groups in total. The molecule has 16 rings (SSSR count). The van der Waals surface area contributed by atoms with Crippen molar-refractivity contribution in [2.75, 3.05) is 14.6 Å². The highest BCUT2D eigenvalue weighted by Gasteiger charge is 2.52. The van der Waals surface area contributed by atoms with Gasteiger partial charge in [0.2, 0.25) is 0 Å². The van der Waals surface area contributed by atoms with Crippen LogP contribution in [-0.4, -0.2) is 6.85 Å². The molecule has 12 aromatic rings. The van der Waals surface area contributed by atoms with Crippen molar-refractivity contribution in [1.29, 1.82) is 0 Å². The van der Waals surface area contributed by atoms with Crippen LogP contribution in [0.5, 0.6) is 0 Å². The Morgan fingerprint density at radius 2 is 0.947 bits per heavy atom. The summed E-state index contributed by atoms with van der Waals surface area (Å²) in [5.41, 5.74) is 30.7. The smallest absolute Gasteiger partial charge is 0.376 e. The largest absolute Gasteiger partial charge is 0.466 e. The third kappa shape index (κ3) is 9.45. The fourth-order valence-corrected chi connectivity index (χ4v) is 16.5. The van der Waals surface area contributed by atoms with Crippen molar-refractivity contribution in [2.45, 2.75) is 175 Å². The molecule has 0 saturated carbocycles. The Bertz CT molecular complexity index is 5070. The van der Waals surface area contributed by atoms with Gasteiger partial charge in [-0.2, -0.15) is 0 Å². The number of nitrogens with zero attached hydrogens (tertiary/aromatic N) is 3. The van der Waals surface area contributed by atoms with Gasteiger partial charge in [0.05, 0.1) is 11.4 Å². The topological polar surface area (TPSA) is 36.0 Å². The minimum Gasteiger partial charge on any atom is -0.466 e. The summed E-state index contributed by atoms with van der Waals surface area (Å²) in [5.74, 6) is 0. The maximum Gasteiger partial charge on any atom is 0.376 e. The Kier molecular flexibility index (Phi) is 13.2. The van der Waals surface area contributed by atoms with E-state index in [4.69, 9.17) is 8.83 Å². The first-order valence-electron chi connectivity index (χ1n) is 34.7. The molecule has 4 aliphatic rings. The molecule has 5 nitrogen and oxygen atoms in total. The maximum absolute atomic E-state index is 7.98. The molecule has 0 saturated heterocycles. The zero-order valence-electron chi connectivity index (χ0n) is 59.1. The average Bonchev–Trinajstić information content (AvgIpc) is 1.61.